The number of aliphatic hydroxyl groups is 1. The maximum Gasteiger partial charge on any atom is 0.412 e. The van der Waals surface area contributed by atoms with E-state index in [1.165, 1.54) is 25.1 Å². The summed E-state index contributed by atoms with van der Waals surface area (Å²) in [6, 6.07) is 5.53. The lowest BCUT2D eigenvalue weighted by atomic mass is 9.91. The SMILES string of the molecule is CC[C@]1(C)OC(=O)N(CCC(=O)Nc2cccc(F)c2)[C@@]1(C)O. The summed E-state index contributed by atoms with van der Waals surface area (Å²) in [5, 5.41) is 13.1. The van der Waals surface area contributed by atoms with Gasteiger partial charge in [-0.2, -0.15) is 0 Å². The Kier molecular flexibility index (Phi) is 4.61. The maximum atomic E-state index is 13.1. The molecule has 1 aromatic rings. The van der Waals surface area contributed by atoms with Crippen molar-refractivity contribution in [2.75, 3.05) is 11.9 Å². The Hall–Kier alpha value is -2.15. The molecule has 2 atom stereocenters. The fourth-order valence-electron chi connectivity index (χ4n) is 2.53. The predicted octanol–water partition coefficient (Wildman–Crippen LogP) is 2.48. The van der Waals surface area contributed by atoms with Crippen LogP contribution in [-0.2, 0) is 9.53 Å². The number of hydrogen-bond donors (Lipinski definition) is 2. The lowest BCUT2D eigenvalue weighted by molar-refractivity contribution is -0.139. The molecule has 2 rings (SSSR count). The van der Waals surface area contributed by atoms with E-state index in [4.69, 9.17) is 4.74 Å². The number of ether oxygens (including phenoxy) is 1. The summed E-state index contributed by atoms with van der Waals surface area (Å²) in [5.74, 6) is -0.836. The number of carbonyl (C=O) groups excluding carboxylic acids is 2. The van der Waals surface area contributed by atoms with Crippen molar-refractivity contribution in [2.45, 2.75) is 44.9 Å². The summed E-state index contributed by atoms with van der Waals surface area (Å²) in [5.41, 5.74) is -2.19. The van der Waals surface area contributed by atoms with Gasteiger partial charge in [0.25, 0.3) is 0 Å². The van der Waals surface area contributed by atoms with Crippen LogP contribution in [-0.4, -0.2) is 39.9 Å². The van der Waals surface area contributed by atoms with Crippen LogP contribution in [0.3, 0.4) is 0 Å². The van der Waals surface area contributed by atoms with Gasteiger partial charge < -0.3 is 15.2 Å². The molecule has 1 aliphatic rings. The van der Waals surface area contributed by atoms with Gasteiger partial charge in [-0.05, 0) is 38.5 Å². The molecule has 0 bridgehead atoms. The Balaban J connectivity index is 1.97. The third-order valence-corrected chi connectivity index (χ3v) is 4.41. The van der Waals surface area contributed by atoms with Gasteiger partial charge in [0.1, 0.15) is 5.82 Å². The molecule has 7 heteroatoms. The van der Waals surface area contributed by atoms with Crippen molar-refractivity contribution in [1.29, 1.82) is 0 Å². The Morgan fingerprint density at radius 3 is 2.70 bits per heavy atom. The van der Waals surface area contributed by atoms with Gasteiger partial charge in [0.2, 0.25) is 5.91 Å². The highest BCUT2D eigenvalue weighted by molar-refractivity contribution is 5.91. The fraction of sp³-hybridized carbons (Fsp3) is 0.500. The molecule has 0 spiro atoms. The van der Waals surface area contributed by atoms with Gasteiger partial charge in [0, 0.05) is 18.7 Å². The summed E-state index contributed by atoms with van der Waals surface area (Å²) >= 11 is 0. The van der Waals surface area contributed by atoms with Crippen molar-refractivity contribution >= 4 is 17.7 Å². The van der Waals surface area contributed by atoms with Gasteiger partial charge in [-0.25, -0.2) is 9.18 Å². The minimum Gasteiger partial charge on any atom is -0.438 e. The zero-order valence-electron chi connectivity index (χ0n) is 13.4. The molecule has 1 heterocycles. The van der Waals surface area contributed by atoms with E-state index >= 15 is 0 Å². The minimum atomic E-state index is -1.50. The number of nitrogens with zero attached hydrogens (tertiary/aromatic N) is 1. The van der Waals surface area contributed by atoms with Gasteiger partial charge in [-0.3, -0.25) is 9.69 Å². The topological polar surface area (TPSA) is 78.9 Å². The second-order valence-electron chi connectivity index (χ2n) is 5.93. The van der Waals surface area contributed by atoms with Gasteiger partial charge >= 0.3 is 6.09 Å². The standard InChI is InChI=1S/C16H21FN2O4/c1-4-15(2)16(3,22)19(14(21)23-15)9-8-13(20)18-12-7-5-6-11(17)10-12/h5-7,10,22H,4,8-9H2,1-3H3,(H,18,20)/t15-,16-/m0/s1. The van der Waals surface area contributed by atoms with E-state index < -0.39 is 23.2 Å². The summed E-state index contributed by atoms with van der Waals surface area (Å²) in [6.07, 6.45) is -0.253. The number of nitrogens with one attached hydrogen (secondary N) is 1. The summed E-state index contributed by atoms with van der Waals surface area (Å²) in [7, 11) is 0. The molecule has 2 amide bonds. The van der Waals surface area contributed by atoms with Gasteiger partial charge in [-0.15, -0.1) is 0 Å². The monoisotopic (exact) mass is 324 g/mol. The van der Waals surface area contributed by atoms with Crippen LogP contribution in [0.25, 0.3) is 0 Å². The van der Waals surface area contributed by atoms with Crippen LogP contribution >= 0.6 is 0 Å². The number of halogens is 1. The third-order valence-electron chi connectivity index (χ3n) is 4.41. The van der Waals surface area contributed by atoms with Crippen molar-refractivity contribution in [3.8, 4) is 0 Å². The van der Waals surface area contributed by atoms with E-state index in [1.807, 2.05) is 6.92 Å². The molecule has 1 saturated heterocycles. The van der Waals surface area contributed by atoms with Crippen molar-refractivity contribution in [1.82, 2.24) is 4.90 Å². The van der Waals surface area contributed by atoms with Crippen LogP contribution < -0.4 is 5.32 Å². The van der Waals surface area contributed by atoms with Crippen LogP contribution in [0.4, 0.5) is 14.9 Å². The lowest BCUT2D eigenvalue weighted by Crippen LogP contribution is -2.55. The summed E-state index contributed by atoms with van der Waals surface area (Å²) < 4.78 is 18.3. The molecule has 1 aliphatic heterocycles. The molecule has 2 N–H and O–H groups in total. The zero-order chi connectivity index (χ0) is 17.3. The summed E-state index contributed by atoms with van der Waals surface area (Å²) in [4.78, 5) is 25.0. The molecule has 0 aliphatic carbocycles. The highest BCUT2D eigenvalue weighted by Gasteiger charge is 2.58. The number of carbonyl (C=O) groups is 2. The number of cyclic esters (lactones) is 1. The van der Waals surface area contributed by atoms with Gasteiger partial charge in [0.15, 0.2) is 11.3 Å². The Bertz CT molecular complexity index is 620. The van der Waals surface area contributed by atoms with E-state index in [9.17, 15) is 19.1 Å². The third kappa shape index (κ3) is 3.29. The van der Waals surface area contributed by atoms with Crippen LogP contribution in [0.1, 0.15) is 33.6 Å². The molecular formula is C16H21FN2O4. The molecule has 1 fully saturated rings. The highest BCUT2D eigenvalue weighted by atomic mass is 19.1. The predicted molar refractivity (Wildman–Crippen MR) is 82.2 cm³/mol. The van der Waals surface area contributed by atoms with Gasteiger partial charge in [-0.1, -0.05) is 13.0 Å². The first-order valence-corrected chi connectivity index (χ1v) is 7.48. The minimum absolute atomic E-state index is 0.00255. The Morgan fingerprint density at radius 1 is 1.43 bits per heavy atom. The van der Waals surface area contributed by atoms with Crippen LogP contribution in [0.15, 0.2) is 24.3 Å². The lowest BCUT2D eigenvalue weighted by Gasteiger charge is -2.36. The van der Waals surface area contributed by atoms with Crippen LogP contribution in [0, 0.1) is 5.82 Å². The molecular weight excluding hydrogens is 303 g/mol. The van der Waals surface area contributed by atoms with Crippen molar-refractivity contribution in [3.63, 3.8) is 0 Å². The molecule has 0 unspecified atom stereocenters. The number of amides is 2. The second-order valence-corrected chi connectivity index (χ2v) is 5.93. The van der Waals surface area contributed by atoms with Crippen molar-refractivity contribution < 1.29 is 23.8 Å². The molecule has 0 radical (unpaired) electrons. The fourth-order valence-corrected chi connectivity index (χ4v) is 2.53. The number of anilines is 1. The Labute approximate surface area is 134 Å². The average Bonchev–Trinajstić information content (AvgIpc) is 2.63. The second kappa shape index (κ2) is 6.16. The smallest absolute Gasteiger partial charge is 0.412 e. The number of benzene rings is 1. The zero-order valence-corrected chi connectivity index (χ0v) is 13.4. The summed E-state index contributed by atoms with van der Waals surface area (Å²) in [6.45, 7) is 4.95. The maximum absolute atomic E-state index is 13.1. The van der Waals surface area contributed by atoms with E-state index in [2.05, 4.69) is 5.32 Å². The van der Waals surface area contributed by atoms with Crippen LogP contribution in [0.2, 0.25) is 0 Å². The first-order valence-electron chi connectivity index (χ1n) is 7.48. The van der Waals surface area contributed by atoms with Crippen molar-refractivity contribution in [3.05, 3.63) is 30.1 Å². The molecule has 0 saturated carbocycles. The first kappa shape index (κ1) is 17.2. The molecule has 6 nitrogen and oxygen atoms in total. The molecule has 126 valence electrons. The molecule has 23 heavy (non-hydrogen) atoms. The number of hydrogen-bond acceptors (Lipinski definition) is 4. The van der Waals surface area contributed by atoms with E-state index in [-0.39, 0.29) is 18.9 Å². The van der Waals surface area contributed by atoms with Crippen LogP contribution in [0.5, 0.6) is 0 Å². The first-order chi connectivity index (χ1) is 10.7. The Morgan fingerprint density at radius 2 is 2.13 bits per heavy atom. The quantitative estimate of drug-likeness (QED) is 0.872. The molecule has 1 aromatic carbocycles. The van der Waals surface area contributed by atoms with E-state index in [0.717, 1.165) is 4.90 Å². The molecule has 0 aromatic heterocycles. The number of rotatable bonds is 5. The van der Waals surface area contributed by atoms with E-state index in [0.29, 0.717) is 12.1 Å². The van der Waals surface area contributed by atoms with Crippen molar-refractivity contribution in [2.24, 2.45) is 0 Å². The van der Waals surface area contributed by atoms with E-state index in [1.54, 1.807) is 13.0 Å². The van der Waals surface area contributed by atoms with Gasteiger partial charge in [0.05, 0.1) is 0 Å². The normalized spacial score (nSPS) is 27.0. The average molecular weight is 324 g/mol. The highest BCUT2D eigenvalue weighted by Crippen LogP contribution is 2.39. The largest absolute Gasteiger partial charge is 0.438 e.